The Kier molecular flexibility index (Phi) is 5.17. The van der Waals surface area contributed by atoms with Crippen LogP contribution in [0.4, 0.5) is 10.7 Å². The van der Waals surface area contributed by atoms with Crippen LogP contribution in [0.25, 0.3) is 11.3 Å². The monoisotopic (exact) mass is 355 g/mol. The molecule has 6 heteroatoms. The van der Waals surface area contributed by atoms with Crippen LogP contribution in [0.5, 0.6) is 0 Å². The van der Waals surface area contributed by atoms with Gasteiger partial charge in [0.1, 0.15) is 10.7 Å². The van der Waals surface area contributed by atoms with Crippen LogP contribution < -0.4 is 10.6 Å². The van der Waals surface area contributed by atoms with Crippen molar-refractivity contribution in [1.82, 2.24) is 4.98 Å². The van der Waals surface area contributed by atoms with Crippen molar-refractivity contribution in [1.29, 1.82) is 0 Å². The summed E-state index contributed by atoms with van der Waals surface area (Å²) in [5, 5.41) is 0.674. The molecule has 0 aliphatic carbocycles. The van der Waals surface area contributed by atoms with Crippen LogP contribution in [0, 0.1) is 0 Å². The van der Waals surface area contributed by atoms with Gasteiger partial charge in [-0.05, 0) is 12.1 Å². The lowest BCUT2D eigenvalue weighted by Gasteiger charge is -2.16. The second kappa shape index (κ2) is 7.51. The number of amides is 1. The average molecular weight is 355 g/mol. The number of thiazole rings is 1. The quantitative estimate of drug-likeness (QED) is 0.699. The summed E-state index contributed by atoms with van der Waals surface area (Å²) < 4.78 is 0.807. The van der Waals surface area contributed by atoms with Gasteiger partial charge < -0.3 is 10.6 Å². The zero-order chi connectivity index (χ0) is 16.9. The minimum Gasteiger partial charge on any atom is -0.389 e. The molecule has 0 aliphatic heterocycles. The normalized spacial score (nSPS) is 10.5. The van der Waals surface area contributed by atoms with Gasteiger partial charge in [0.25, 0.3) is 0 Å². The third kappa shape index (κ3) is 3.77. The lowest BCUT2D eigenvalue weighted by molar-refractivity contribution is -0.115. The lowest BCUT2D eigenvalue weighted by Crippen LogP contribution is -2.27. The van der Waals surface area contributed by atoms with E-state index < -0.39 is 0 Å². The van der Waals surface area contributed by atoms with Crippen molar-refractivity contribution in [3.63, 3.8) is 0 Å². The highest BCUT2D eigenvalue weighted by molar-refractivity contribution is 8.01. The van der Waals surface area contributed by atoms with Crippen LogP contribution in [0.3, 0.4) is 0 Å². The van der Waals surface area contributed by atoms with E-state index in [-0.39, 0.29) is 5.91 Å². The molecule has 0 saturated heterocycles. The number of nitrogens with zero attached hydrogens (tertiary/aromatic N) is 2. The molecule has 3 rings (SSSR count). The summed E-state index contributed by atoms with van der Waals surface area (Å²) in [5.41, 5.74) is 8.73. The van der Waals surface area contributed by atoms with Crippen molar-refractivity contribution in [3.05, 3.63) is 60.7 Å². The van der Waals surface area contributed by atoms with Gasteiger partial charge in [0.05, 0.1) is 5.75 Å². The fourth-order valence-electron chi connectivity index (χ4n) is 2.19. The molecule has 1 heterocycles. The van der Waals surface area contributed by atoms with Crippen molar-refractivity contribution < 1.29 is 4.79 Å². The first-order valence-corrected chi connectivity index (χ1v) is 9.21. The summed E-state index contributed by atoms with van der Waals surface area (Å²) in [6, 6.07) is 19.4. The molecule has 0 fully saturated rings. The molecule has 2 aromatic carbocycles. The number of hydrogen-bond acceptors (Lipinski definition) is 5. The molecule has 1 aromatic heterocycles. The van der Waals surface area contributed by atoms with E-state index in [9.17, 15) is 4.79 Å². The van der Waals surface area contributed by atoms with E-state index in [2.05, 4.69) is 4.98 Å². The summed E-state index contributed by atoms with van der Waals surface area (Å²) >= 11 is 2.83. The number of carbonyl (C=O) groups excluding carboxylic acids is 1. The Morgan fingerprint density at radius 1 is 1.12 bits per heavy atom. The Labute approximate surface area is 149 Å². The molecular weight excluding hydrogens is 338 g/mol. The topological polar surface area (TPSA) is 59.2 Å². The fraction of sp³-hybridized carbons (Fsp3) is 0.111. The predicted octanol–water partition coefficient (Wildman–Crippen LogP) is 4.15. The van der Waals surface area contributed by atoms with Crippen LogP contribution >= 0.6 is 23.1 Å². The predicted molar refractivity (Wildman–Crippen MR) is 103 cm³/mol. The highest BCUT2D eigenvalue weighted by Gasteiger charge is 2.15. The number of thioether (sulfide) groups is 1. The van der Waals surface area contributed by atoms with Gasteiger partial charge >= 0.3 is 0 Å². The Hall–Kier alpha value is -2.31. The molecule has 3 aromatic rings. The SMILES string of the molecule is CN(C(=O)CSc1nc(-c2ccccc2)c(N)s1)c1ccccc1. The first-order chi connectivity index (χ1) is 11.6. The average Bonchev–Trinajstić information content (AvgIpc) is 3.01. The summed E-state index contributed by atoms with van der Waals surface area (Å²) in [6.07, 6.45) is 0. The number of rotatable bonds is 5. The molecule has 0 atom stereocenters. The van der Waals surface area contributed by atoms with Crippen molar-refractivity contribution in [2.45, 2.75) is 4.34 Å². The van der Waals surface area contributed by atoms with E-state index in [1.54, 1.807) is 11.9 Å². The first-order valence-electron chi connectivity index (χ1n) is 7.41. The number of hydrogen-bond donors (Lipinski definition) is 1. The first kappa shape index (κ1) is 16.5. The van der Waals surface area contributed by atoms with Crippen molar-refractivity contribution >= 4 is 39.7 Å². The maximum Gasteiger partial charge on any atom is 0.237 e. The number of anilines is 2. The summed E-state index contributed by atoms with van der Waals surface area (Å²) in [5.74, 6) is 0.355. The molecule has 0 radical (unpaired) electrons. The van der Waals surface area contributed by atoms with Crippen LogP contribution in [0.15, 0.2) is 65.0 Å². The molecule has 0 spiro atoms. The fourth-order valence-corrected chi connectivity index (χ4v) is 4.06. The van der Waals surface area contributed by atoms with Gasteiger partial charge in [-0.3, -0.25) is 4.79 Å². The van der Waals surface area contributed by atoms with E-state index in [0.717, 1.165) is 21.3 Å². The number of aromatic nitrogens is 1. The Bertz CT molecular complexity index is 819. The minimum atomic E-state index is 0.0289. The summed E-state index contributed by atoms with van der Waals surface area (Å²) in [4.78, 5) is 18.6. The third-order valence-electron chi connectivity index (χ3n) is 3.52. The second-order valence-corrected chi connectivity index (χ2v) is 7.39. The van der Waals surface area contributed by atoms with Crippen molar-refractivity contribution in [2.75, 3.05) is 23.4 Å². The zero-order valence-corrected chi connectivity index (χ0v) is 14.8. The summed E-state index contributed by atoms with van der Waals surface area (Å²) in [7, 11) is 1.78. The highest BCUT2D eigenvalue weighted by atomic mass is 32.2. The molecule has 1 amide bonds. The van der Waals surface area contributed by atoms with E-state index in [0.29, 0.717) is 10.8 Å². The molecular formula is C18H17N3OS2. The molecule has 0 aliphatic rings. The number of nitrogens with two attached hydrogens (primary N) is 1. The van der Waals surface area contributed by atoms with Gasteiger partial charge in [-0.1, -0.05) is 71.6 Å². The molecule has 0 unspecified atom stereocenters. The largest absolute Gasteiger partial charge is 0.389 e. The van der Waals surface area contributed by atoms with E-state index >= 15 is 0 Å². The van der Waals surface area contributed by atoms with Gasteiger partial charge in [0.2, 0.25) is 5.91 Å². The van der Waals surface area contributed by atoms with Gasteiger partial charge in [0.15, 0.2) is 4.34 Å². The Balaban J connectivity index is 1.66. The number of benzene rings is 2. The minimum absolute atomic E-state index is 0.0289. The molecule has 24 heavy (non-hydrogen) atoms. The number of nitrogen functional groups attached to an aromatic ring is 1. The van der Waals surface area contributed by atoms with Crippen LogP contribution in [0.2, 0.25) is 0 Å². The summed E-state index contributed by atoms with van der Waals surface area (Å²) in [6.45, 7) is 0. The van der Waals surface area contributed by atoms with Crippen molar-refractivity contribution in [2.24, 2.45) is 0 Å². The zero-order valence-electron chi connectivity index (χ0n) is 13.2. The van der Waals surface area contributed by atoms with Crippen LogP contribution in [-0.2, 0) is 4.79 Å². The number of para-hydroxylation sites is 1. The molecule has 0 saturated carbocycles. The lowest BCUT2D eigenvalue weighted by atomic mass is 10.2. The standard InChI is InChI=1S/C18H17N3OS2/c1-21(14-10-6-3-7-11-14)15(22)12-23-18-20-16(17(19)24-18)13-8-4-2-5-9-13/h2-11H,12,19H2,1H3. The molecule has 2 N–H and O–H groups in total. The maximum atomic E-state index is 12.3. The Morgan fingerprint density at radius 3 is 2.42 bits per heavy atom. The van der Waals surface area contributed by atoms with Crippen molar-refractivity contribution in [3.8, 4) is 11.3 Å². The number of carbonyl (C=O) groups is 1. The molecule has 122 valence electrons. The third-order valence-corrected chi connectivity index (χ3v) is 5.53. The molecule has 4 nitrogen and oxygen atoms in total. The maximum absolute atomic E-state index is 12.3. The van der Waals surface area contributed by atoms with E-state index in [1.165, 1.54) is 23.1 Å². The van der Waals surface area contributed by atoms with Gasteiger partial charge in [-0.15, -0.1) is 0 Å². The van der Waals surface area contributed by atoms with Gasteiger partial charge in [-0.25, -0.2) is 4.98 Å². The van der Waals surface area contributed by atoms with Gasteiger partial charge in [-0.2, -0.15) is 0 Å². The van der Waals surface area contributed by atoms with E-state index in [1.807, 2.05) is 60.7 Å². The molecule has 0 bridgehead atoms. The smallest absolute Gasteiger partial charge is 0.237 e. The second-order valence-electron chi connectivity index (χ2n) is 5.14. The highest BCUT2D eigenvalue weighted by Crippen LogP contribution is 2.35. The van der Waals surface area contributed by atoms with Crippen LogP contribution in [0.1, 0.15) is 0 Å². The van der Waals surface area contributed by atoms with Crippen LogP contribution in [-0.4, -0.2) is 23.7 Å². The van der Waals surface area contributed by atoms with E-state index in [4.69, 9.17) is 5.73 Å². The Morgan fingerprint density at radius 2 is 1.75 bits per heavy atom. The van der Waals surface area contributed by atoms with Gasteiger partial charge in [0, 0.05) is 18.3 Å².